The van der Waals surface area contributed by atoms with Crippen molar-refractivity contribution >= 4 is 12.0 Å². The third-order valence-corrected chi connectivity index (χ3v) is 3.58. The molecule has 1 fully saturated rings. The van der Waals surface area contributed by atoms with E-state index in [0.29, 0.717) is 23.6 Å². The predicted molar refractivity (Wildman–Crippen MR) is 70.7 cm³/mol. The highest BCUT2D eigenvalue weighted by molar-refractivity contribution is 5.76. The van der Waals surface area contributed by atoms with Crippen molar-refractivity contribution in [2.75, 3.05) is 32.1 Å². The van der Waals surface area contributed by atoms with Gasteiger partial charge in [0.25, 0.3) is 0 Å². The van der Waals surface area contributed by atoms with Gasteiger partial charge in [0.15, 0.2) is 0 Å². The smallest absolute Gasteiger partial charge is 0.150 e. The third kappa shape index (κ3) is 2.70. The van der Waals surface area contributed by atoms with Crippen LogP contribution in [0.2, 0.25) is 0 Å². The molecule has 2 rings (SSSR count). The average Bonchev–Trinajstić information content (AvgIpc) is 2.38. The van der Waals surface area contributed by atoms with Gasteiger partial charge >= 0.3 is 0 Å². The standard InChI is InChI=1S/C14H19FN2O/c1-16(2)12-4-3-7-17(9-12)14-6-5-11(10-18)8-13(14)15/h5-6,8,10,12H,3-4,7,9H2,1-2H3. The lowest BCUT2D eigenvalue weighted by Crippen LogP contribution is -2.45. The van der Waals surface area contributed by atoms with E-state index in [-0.39, 0.29) is 5.82 Å². The van der Waals surface area contributed by atoms with E-state index >= 15 is 0 Å². The normalized spacial score (nSPS) is 20.2. The molecule has 0 spiro atoms. The molecule has 1 aromatic rings. The molecule has 0 saturated carbocycles. The van der Waals surface area contributed by atoms with Crippen molar-refractivity contribution in [1.82, 2.24) is 4.90 Å². The number of halogens is 1. The molecule has 1 aromatic carbocycles. The van der Waals surface area contributed by atoms with E-state index in [1.807, 2.05) is 0 Å². The molecule has 98 valence electrons. The maximum atomic E-state index is 13.9. The van der Waals surface area contributed by atoms with Crippen LogP contribution in [0.4, 0.5) is 10.1 Å². The van der Waals surface area contributed by atoms with Crippen LogP contribution in [-0.2, 0) is 0 Å². The summed E-state index contributed by atoms with van der Waals surface area (Å²) in [7, 11) is 4.11. The van der Waals surface area contributed by atoms with E-state index in [4.69, 9.17) is 0 Å². The predicted octanol–water partition coefficient (Wildman–Crippen LogP) is 2.17. The molecule has 3 nitrogen and oxygen atoms in total. The number of rotatable bonds is 3. The maximum absolute atomic E-state index is 13.9. The largest absolute Gasteiger partial charge is 0.368 e. The number of carbonyl (C=O) groups excluding carboxylic acids is 1. The van der Waals surface area contributed by atoms with Crippen molar-refractivity contribution in [1.29, 1.82) is 0 Å². The summed E-state index contributed by atoms with van der Waals surface area (Å²) in [6.45, 7) is 1.71. The van der Waals surface area contributed by atoms with E-state index < -0.39 is 0 Å². The van der Waals surface area contributed by atoms with Crippen LogP contribution >= 0.6 is 0 Å². The molecule has 18 heavy (non-hydrogen) atoms. The van der Waals surface area contributed by atoms with Crippen LogP contribution in [0.25, 0.3) is 0 Å². The minimum Gasteiger partial charge on any atom is -0.368 e. The number of anilines is 1. The first kappa shape index (κ1) is 13.0. The zero-order valence-electron chi connectivity index (χ0n) is 10.9. The molecule has 1 aliphatic rings. The summed E-state index contributed by atoms with van der Waals surface area (Å²) < 4.78 is 13.9. The van der Waals surface area contributed by atoms with Crippen molar-refractivity contribution in [3.8, 4) is 0 Å². The van der Waals surface area contributed by atoms with Crippen molar-refractivity contribution in [3.63, 3.8) is 0 Å². The highest BCUT2D eigenvalue weighted by Crippen LogP contribution is 2.24. The summed E-state index contributed by atoms with van der Waals surface area (Å²) in [5, 5.41) is 0. The SMILES string of the molecule is CN(C)C1CCCN(c2ccc(C=O)cc2F)C1. The summed E-state index contributed by atoms with van der Waals surface area (Å²) in [6, 6.07) is 5.15. The van der Waals surface area contributed by atoms with Crippen molar-refractivity contribution in [3.05, 3.63) is 29.6 Å². The highest BCUT2D eigenvalue weighted by Gasteiger charge is 2.23. The van der Waals surface area contributed by atoms with E-state index in [1.165, 1.54) is 6.07 Å². The highest BCUT2D eigenvalue weighted by atomic mass is 19.1. The average molecular weight is 250 g/mol. The lowest BCUT2D eigenvalue weighted by Gasteiger charge is -2.37. The minimum absolute atomic E-state index is 0.306. The first-order valence-electron chi connectivity index (χ1n) is 6.28. The van der Waals surface area contributed by atoms with Crippen LogP contribution in [0.15, 0.2) is 18.2 Å². The Kier molecular flexibility index (Phi) is 3.97. The third-order valence-electron chi connectivity index (χ3n) is 3.58. The molecule has 0 bridgehead atoms. The Labute approximate surface area is 107 Å². The van der Waals surface area contributed by atoms with Gasteiger partial charge in [0.05, 0.1) is 5.69 Å². The van der Waals surface area contributed by atoms with Gasteiger partial charge in [0.2, 0.25) is 0 Å². The second-order valence-corrected chi connectivity index (χ2v) is 5.03. The molecule has 4 heteroatoms. The topological polar surface area (TPSA) is 23.6 Å². The first-order chi connectivity index (χ1) is 8.61. The van der Waals surface area contributed by atoms with E-state index in [0.717, 1.165) is 25.9 Å². The molecule has 1 unspecified atom stereocenters. The second kappa shape index (κ2) is 5.48. The van der Waals surface area contributed by atoms with E-state index in [1.54, 1.807) is 12.1 Å². The lowest BCUT2D eigenvalue weighted by molar-refractivity contribution is 0.112. The molecular formula is C14H19FN2O. The van der Waals surface area contributed by atoms with E-state index in [9.17, 15) is 9.18 Å². The fourth-order valence-electron chi connectivity index (χ4n) is 2.45. The molecule has 0 N–H and O–H groups in total. The van der Waals surface area contributed by atoms with Crippen LogP contribution in [0.5, 0.6) is 0 Å². The van der Waals surface area contributed by atoms with Gasteiger partial charge in [0.1, 0.15) is 12.1 Å². The lowest BCUT2D eigenvalue weighted by atomic mass is 10.0. The molecule has 1 aliphatic heterocycles. The van der Waals surface area contributed by atoms with Gasteiger partial charge in [0, 0.05) is 24.7 Å². The fourth-order valence-corrected chi connectivity index (χ4v) is 2.45. The number of carbonyl (C=O) groups is 1. The summed E-state index contributed by atoms with van der Waals surface area (Å²) >= 11 is 0. The van der Waals surface area contributed by atoms with Gasteiger partial charge < -0.3 is 9.80 Å². The molecule has 0 amide bonds. The Hall–Kier alpha value is -1.42. The Morgan fingerprint density at radius 1 is 1.44 bits per heavy atom. The zero-order valence-corrected chi connectivity index (χ0v) is 10.9. The quantitative estimate of drug-likeness (QED) is 0.768. The van der Waals surface area contributed by atoms with Gasteiger partial charge in [-0.05, 0) is 45.1 Å². The Bertz CT molecular complexity index is 434. The number of nitrogens with zero attached hydrogens (tertiary/aromatic N) is 2. The van der Waals surface area contributed by atoms with Gasteiger partial charge in [-0.3, -0.25) is 4.79 Å². The summed E-state index contributed by atoms with van der Waals surface area (Å²) in [5.41, 5.74) is 0.990. The molecule has 1 atom stereocenters. The van der Waals surface area contributed by atoms with Gasteiger partial charge in [-0.1, -0.05) is 0 Å². The summed E-state index contributed by atoms with van der Waals surface area (Å²) in [6.07, 6.45) is 2.89. The van der Waals surface area contributed by atoms with Crippen LogP contribution in [-0.4, -0.2) is 44.4 Å². The fraction of sp³-hybridized carbons (Fsp3) is 0.500. The minimum atomic E-state index is -0.306. The summed E-state index contributed by atoms with van der Waals surface area (Å²) in [4.78, 5) is 14.9. The maximum Gasteiger partial charge on any atom is 0.150 e. The Morgan fingerprint density at radius 3 is 2.83 bits per heavy atom. The van der Waals surface area contributed by atoms with Crippen LogP contribution < -0.4 is 4.90 Å². The monoisotopic (exact) mass is 250 g/mol. The molecule has 1 saturated heterocycles. The Morgan fingerprint density at radius 2 is 2.22 bits per heavy atom. The molecule has 0 radical (unpaired) electrons. The molecule has 1 heterocycles. The van der Waals surface area contributed by atoms with E-state index in [2.05, 4.69) is 23.9 Å². The number of benzene rings is 1. The van der Waals surface area contributed by atoms with Crippen LogP contribution in [0.3, 0.4) is 0 Å². The second-order valence-electron chi connectivity index (χ2n) is 5.03. The Balaban J connectivity index is 2.18. The van der Waals surface area contributed by atoms with Gasteiger partial charge in [-0.2, -0.15) is 0 Å². The molecule has 0 aliphatic carbocycles. The molecule has 0 aromatic heterocycles. The zero-order chi connectivity index (χ0) is 13.1. The van der Waals surface area contributed by atoms with Crippen molar-refractivity contribution in [2.45, 2.75) is 18.9 Å². The number of hydrogen-bond donors (Lipinski definition) is 0. The molecular weight excluding hydrogens is 231 g/mol. The first-order valence-corrected chi connectivity index (χ1v) is 6.28. The number of likely N-dealkylation sites (N-methyl/N-ethyl adjacent to an activating group) is 1. The number of piperidine rings is 1. The van der Waals surface area contributed by atoms with Crippen molar-refractivity contribution < 1.29 is 9.18 Å². The van der Waals surface area contributed by atoms with Gasteiger partial charge in [-0.15, -0.1) is 0 Å². The van der Waals surface area contributed by atoms with Gasteiger partial charge in [-0.25, -0.2) is 4.39 Å². The number of hydrogen-bond acceptors (Lipinski definition) is 3. The van der Waals surface area contributed by atoms with Crippen LogP contribution in [0.1, 0.15) is 23.2 Å². The summed E-state index contributed by atoms with van der Waals surface area (Å²) in [5.74, 6) is -0.306. The number of aldehydes is 1. The van der Waals surface area contributed by atoms with Crippen LogP contribution in [0, 0.1) is 5.82 Å². The van der Waals surface area contributed by atoms with Crippen molar-refractivity contribution in [2.24, 2.45) is 0 Å².